The molecule has 0 radical (unpaired) electrons. The lowest BCUT2D eigenvalue weighted by molar-refractivity contribution is 0.0952. The highest BCUT2D eigenvalue weighted by atomic mass is 32.1. The molecule has 4 aromatic rings. The van der Waals surface area contributed by atoms with E-state index in [1.165, 1.54) is 0 Å². The maximum atomic E-state index is 13.1. The van der Waals surface area contributed by atoms with Crippen molar-refractivity contribution in [3.63, 3.8) is 0 Å². The van der Waals surface area contributed by atoms with Gasteiger partial charge in [0, 0.05) is 38.9 Å². The van der Waals surface area contributed by atoms with E-state index in [4.69, 9.17) is 4.52 Å². The van der Waals surface area contributed by atoms with Gasteiger partial charge >= 0.3 is 0 Å². The fourth-order valence-corrected chi connectivity index (χ4v) is 4.53. The largest absolute Gasteiger partial charge is 0.354 e. The predicted molar refractivity (Wildman–Crippen MR) is 125 cm³/mol. The molecule has 1 aliphatic heterocycles. The van der Waals surface area contributed by atoms with Gasteiger partial charge in [0.05, 0.1) is 27.2 Å². The lowest BCUT2D eigenvalue weighted by Crippen LogP contribution is -2.44. The minimum atomic E-state index is -0.190. The van der Waals surface area contributed by atoms with E-state index in [2.05, 4.69) is 37.3 Å². The Morgan fingerprint density at radius 3 is 2.78 bits per heavy atom. The molecule has 1 saturated heterocycles. The van der Waals surface area contributed by atoms with E-state index in [1.807, 2.05) is 48.8 Å². The first-order valence-electron chi connectivity index (χ1n) is 10.6. The highest BCUT2D eigenvalue weighted by Gasteiger charge is 2.20. The number of nitrogens with one attached hydrogen (secondary N) is 1. The number of thiophene rings is 1. The Kier molecular flexibility index (Phi) is 5.59. The number of piperazine rings is 1. The number of carbonyl (C=O) groups is 1. The van der Waals surface area contributed by atoms with Crippen LogP contribution in [0.2, 0.25) is 0 Å². The molecule has 32 heavy (non-hydrogen) atoms. The molecule has 0 bridgehead atoms. The minimum Gasteiger partial charge on any atom is -0.354 e. The Morgan fingerprint density at radius 1 is 1.22 bits per heavy atom. The van der Waals surface area contributed by atoms with Gasteiger partial charge in [-0.15, -0.1) is 11.3 Å². The number of anilines is 1. The van der Waals surface area contributed by atoms with Gasteiger partial charge in [0.2, 0.25) is 0 Å². The number of aromatic nitrogens is 3. The van der Waals surface area contributed by atoms with Crippen molar-refractivity contribution in [2.45, 2.75) is 13.5 Å². The smallest absolute Gasteiger partial charge is 0.259 e. The monoisotopic (exact) mass is 448 g/mol. The van der Waals surface area contributed by atoms with Crippen molar-refractivity contribution < 1.29 is 9.32 Å². The number of hydrogen-bond acceptors (Lipinski definition) is 8. The molecule has 0 aromatic carbocycles. The van der Waals surface area contributed by atoms with Gasteiger partial charge in [-0.3, -0.25) is 4.79 Å². The van der Waals surface area contributed by atoms with E-state index in [0.29, 0.717) is 34.6 Å². The van der Waals surface area contributed by atoms with E-state index in [9.17, 15) is 4.79 Å². The van der Waals surface area contributed by atoms with Crippen molar-refractivity contribution in [3.8, 4) is 10.6 Å². The predicted octanol–water partition coefficient (Wildman–Crippen LogP) is 3.34. The first-order valence-corrected chi connectivity index (χ1v) is 11.4. The Morgan fingerprint density at radius 2 is 2.06 bits per heavy atom. The number of aryl methyl sites for hydroxylation is 1. The molecule has 0 saturated carbocycles. The van der Waals surface area contributed by atoms with Crippen LogP contribution in [-0.2, 0) is 6.54 Å². The fourth-order valence-electron chi connectivity index (χ4n) is 3.85. The van der Waals surface area contributed by atoms with Gasteiger partial charge in [-0.25, -0.2) is 9.97 Å². The van der Waals surface area contributed by atoms with Crippen molar-refractivity contribution in [1.82, 2.24) is 25.3 Å². The lowest BCUT2D eigenvalue weighted by Gasteiger charge is -2.33. The van der Waals surface area contributed by atoms with E-state index in [0.717, 1.165) is 42.4 Å². The summed E-state index contributed by atoms with van der Waals surface area (Å²) in [6.45, 7) is 6.23. The molecule has 5 heterocycles. The van der Waals surface area contributed by atoms with Crippen molar-refractivity contribution in [3.05, 3.63) is 58.7 Å². The molecule has 1 amide bonds. The number of carbonyl (C=O) groups excluding carboxylic acids is 1. The fraction of sp³-hybridized carbons (Fsp3) is 0.304. The molecule has 0 spiro atoms. The molecule has 1 aliphatic rings. The maximum absolute atomic E-state index is 13.1. The molecule has 8 nitrogen and oxygen atoms in total. The van der Waals surface area contributed by atoms with E-state index < -0.39 is 0 Å². The van der Waals surface area contributed by atoms with Crippen molar-refractivity contribution in [1.29, 1.82) is 0 Å². The third-order valence-corrected chi connectivity index (χ3v) is 6.62. The molecule has 164 valence electrons. The summed E-state index contributed by atoms with van der Waals surface area (Å²) in [6, 6.07) is 9.77. The summed E-state index contributed by atoms with van der Waals surface area (Å²) >= 11 is 1.56. The quantitative estimate of drug-likeness (QED) is 0.501. The van der Waals surface area contributed by atoms with Gasteiger partial charge in [0.15, 0.2) is 0 Å². The normalized spacial score (nSPS) is 14.8. The molecule has 0 aliphatic carbocycles. The summed E-state index contributed by atoms with van der Waals surface area (Å²) in [5, 5.41) is 9.64. The average Bonchev–Trinajstić information content (AvgIpc) is 3.48. The summed E-state index contributed by atoms with van der Waals surface area (Å²) in [4.78, 5) is 27.8. The summed E-state index contributed by atoms with van der Waals surface area (Å²) in [5.74, 6) is 0.786. The number of nitrogens with zero attached hydrogens (tertiary/aromatic N) is 5. The summed E-state index contributed by atoms with van der Waals surface area (Å²) in [5.41, 5.74) is 3.18. The highest BCUT2D eigenvalue weighted by Crippen LogP contribution is 2.29. The van der Waals surface area contributed by atoms with Crippen LogP contribution in [0, 0.1) is 6.92 Å². The molecular weight excluding hydrogens is 424 g/mol. The van der Waals surface area contributed by atoms with Crippen molar-refractivity contribution in [2.24, 2.45) is 0 Å². The van der Waals surface area contributed by atoms with E-state index >= 15 is 0 Å². The van der Waals surface area contributed by atoms with Crippen LogP contribution in [0.4, 0.5) is 5.82 Å². The Hall–Kier alpha value is -3.30. The number of likely N-dealkylation sites (N-methyl/N-ethyl adjacent to an activating group) is 1. The van der Waals surface area contributed by atoms with Crippen LogP contribution in [0.15, 0.2) is 46.4 Å². The zero-order valence-electron chi connectivity index (χ0n) is 18.0. The SMILES string of the molecule is Cc1noc2nc(-c3cccs3)cc(C(=O)NCc3ccc(N4CCN(C)CC4)nc3)c12. The molecule has 1 N–H and O–H groups in total. The van der Waals surface area contributed by atoms with Gasteiger partial charge in [0.25, 0.3) is 11.6 Å². The Labute approximate surface area is 189 Å². The molecule has 4 aromatic heterocycles. The number of hydrogen-bond donors (Lipinski definition) is 1. The van der Waals surface area contributed by atoms with Crippen molar-refractivity contribution >= 4 is 34.2 Å². The molecular formula is C23H24N6O2S. The second kappa shape index (κ2) is 8.68. The van der Waals surface area contributed by atoms with Crippen LogP contribution in [0.1, 0.15) is 21.6 Å². The Bertz CT molecular complexity index is 1230. The average molecular weight is 449 g/mol. The van der Waals surface area contributed by atoms with Gasteiger partial charge in [-0.2, -0.15) is 0 Å². The number of fused-ring (bicyclic) bond motifs is 1. The second-order valence-corrected chi connectivity index (χ2v) is 8.93. The molecule has 0 unspecified atom stereocenters. The molecule has 1 fully saturated rings. The van der Waals surface area contributed by atoms with Crippen molar-refractivity contribution in [2.75, 3.05) is 38.1 Å². The highest BCUT2D eigenvalue weighted by molar-refractivity contribution is 7.13. The number of amides is 1. The minimum absolute atomic E-state index is 0.190. The third-order valence-electron chi connectivity index (χ3n) is 5.72. The van der Waals surface area contributed by atoms with Crippen LogP contribution in [0.5, 0.6) is 0 Å². The molecule has 9 heteroatoms. The maximum Gasteiger partial charge on any atom is 0.259 e. The van der Waals surface area contributed by atoms with Crippen LogP contribution >= 0.6 is 11.3 Å². The van der Waals surface area contributed by atoms with Crippen LogP contribution in [-0.4, -0.2) is 59.2 Å². The number of rotatable bonds is 5. The Balaban J connectivity index is 1.32. The molecule has 5 rings (SSSR count). The van der Waals surface area contributed by atoms with Gasteiger partial charge in [0.1, 0.15) is 5.82 Å². The lowest BCUT2D eigenvalue weighted by atomic mass is 10.1. The van der Waals surface area contributed by atoms with Gasteiger partial charge in [-0.1, -0.05) is 17.3 Å². The number of pyridine rings is 2. The van der Waals surface area contributed by atoms with Gasteiger partial charge in [-0.05, 0) is 43.1 Å². The van der Waals surface area contributed by atoms with E-state index in [1.54, 1.807) is 11.3 Å². The van der Waals surface area contributed by atoms with Crippen LogP contribution in [0.3, 0.4) is 0 Å². The second-order valence-electron chi connectivity index (χ2n) is 7.98. The summed E-state index contributed by atoms with van der Waals surface area (Å²) < 4.78 is 5.36. The summed E-state index contributed by atoms with van der Waals surface area (Å²) in [7, 11) is 2.14. The summed E-state index contributed by atoms with van der Waals surface area (Å²) in [6.07, 6.45) is 1.83. The van der Waals surface area contributed by atoms with E-state index in [-0.39, 0.29) is 5.91 Å². The standard InChI is InChI=1S/C23H24N6O2S/c1-15-21-17(12-18(19-4-3-11-32-19)26-23(21)31-27-15)22(30)25-14-16-5-6-20(24-13-16)29-9-7-28(2)8-10-29/h3-6,11-13H,7-10,14H2,1-2H3,(H,25,30). The third kappa shape index (κ3) is 4.09. The zero-order valence-corrected chi connectivity index (χ0v) is 18.9. The zero-order chi connectivity index (χ0) is 22.1. The van der Waals surface area contributed by atoms with Crippen LogP contribution in [0.25, 0.3) is 21.7 Å². The first kappa shape index (κ1) is 20.6. The molecule has 0 atom stereocenters. The topological polar surface area (TPSA) is 87.4 Å². The first-order chi connectivity index (χ1) is 15.6. The van der Waals surface area contributed by atoms with Gasteiger partial charge < -0.3 is 19.6 Å². The van der Waals surface area contributed by atoms with Crippen LogP contribution < -0.4 is 10.2 Å².